The number of carbonyl (C=O) groups is 1. The monoisotopic (exact) mass is 290 g/mol. The molecule has 0 amide bonds. The molecule has 0 aromatic carbocycles. The summed E-state index contributed by atoms with van der Waals surface area (Å²) in [5.41, 5.74) is 0.404. The summed E-state index contributed by atoms with van der Waals surface area (Å²) >= 11 is 0. The summed E-state index contributed by atoms with van der Waals surface area (Å²) in [7, 11) is 0. The SMILES string of the molecule is C=C(C)C(=O)OC1(C2CCCCC2)CCCC2CCCC21. The topological polar surface area (TPSA) is 26.3 Å². The Morgan fingerprint density at radius 2 is 1.71 bits per heavy atom. The first-order valence-electron chi connectivity index (χ1n) is 9.02. The van der Waals surface area contributed by atoms with E-state index >= 15 is 0 Å². The first-order valence-corrected chi connectivity index (χ1v) is 9.02. The van der Waals surface area contributed by atoms with Crippen LogP contribution in [0.1, 0.15) is 77.6 Å². The molecule has 2 nitrogen and oxygen atoms in total. The maximum Gasteiger partial charge on any atom is 0.333 e. The highest BCUT2D eigenvalue weighted by molar-refractivity contribution is 5.87. The summed E-state index contributed by atoms with van der Waals surface area (Å²) in [5.74, 6) is 1.88. The molecule has 0 bridgehead atoms. The minimum atomic E-state index is -0.157. The second-order valence-electron chi connectivity index (χ2n) is 7.65. The van der Waals surface area contributed by atoms with Gasteiger partial charge in [0.05, 0.1) is 0 Å². The van der Waals surface area contributed by atoms with E-state index in [1.165, 1.54) is 64.2 Å². The van der Waals surface area contributed by atoms with Crippen molar-refractivity contribution in [3.05, 3.63) is 12.2 Å². The van der Waals surface area contributed by atoms with Crippen molar-refractivity contribution in [2.24, 2.45) is 17.8 Å². The van der Waals surface area contributed by atoms with Crippen molar-refractivity contribution in [2.45, 2.75) is 83.2 Å². The molecule has 0 aromatic rings. The highest BCUT2D eigenvalue weighted by Crippen LogP contribution is 2.55. The molecule has 21 heavy (non-hydrogen) atoms. The van der Waals surface area contributed by atoms with Crippen molar-refractivity contribution in [3.63, 3.8) is 0 Å². The van der Waals surface area contributed by atoms with Gasteiger partial charge in [0.1, 0.15) is 5.60 Å². The molecule has 118 valence electrons. The lowest BCUT2D eigenvalue weighted by Crippen LogP contribution is -2.53. The van der Waals surface area contributed by atoms with E-state index in [0.717, 1.165) is 12.3 Å². The summed E-state index contributed by atoms with van der Waals surface area (Å²) in [5, 5.41) is 0. The molecule has 3 unspecified atom stereocenters. The lowest BCUT2D eigenvalue weighted by molar-refractivity contribution is -0.183. The molecule has 3 rings (SSSR count). The fourth-order valence-electron chi connectivity index (χ4n) is 5.42. The average molecular weight is 290 g/mol. The Kier molecular flexibility index (Phi) is 4.42. The summed E-state index contributed by atoms with van der Waals surface area (Å²) in [6.07, 6.45) is 14.1. The van der Waals surface area contributed by atoms with Crippen LogP contribution in [0.5, 0.6) is 0 Å². The average Bonchev–Trinajstić information content (AvgIpc) is 2.98. The van der Waals surface area contributed by atoms with E-state index in [-0.39, 0.29) is 11.6 Å². The Morgan fingerprint density at radius 1 is 1.00 bits per heavy atom. The molecule has 0 aromatic heterocycles. The first-order chi connectivity index (χ1) is 10.1. The van der Waals surface area contributed by atoms with Crippen molar-refractivity contribution in [2.75, 3.05) is 0 Å². The van der Waals surface area contributed by atoms with Gasteiger partial charge in [-0.25, -0.2) is 4.79 Å². The second kappa shape index (κ2) is 6.14. The molecule has 3 aliphatic carbocycles. The minimum absolute atomic E-state index is 0.145. The molecule has 3 saturated carbocycles. The van der Waals surface area contributed by atoms with E-state index < -0.39 is 0 Å². The molecule has 0 heterocycles. The molecule has 0 saturated heterocycles. The Hall–Kier alpha value is -0.790. The van der Waals surface area contributed by atoms with Crippen LogP contribution in [0.25, 0.3) is 0 Å². The number of hydrogen-bond donors (Lipinski definition) is 0. The van der Waals surface area contributed by atoms with Crippen LogP contribution in [-0.2, 0) is 9.53 Å². The molecule has 2 heteroatoms. The summed E-state index contributed by atoms with van der Waals surface area (Å²) < 4.78 is 6.26. The maximum absolute atomic E-state index is 12.3. The lowest BCUT2D eigenvalue weighted by atomic mass is 9.61. The third-order valence-electron chi connectivity index (χ3n) is 6.36. The van der Waals surface area contributed by atoms with Crippen LogP contribution in [0.2, 0.25) is 0 Å². The summed E-state index contributed by atoms with van der Waals surface area (Å²) in [6, 6.07) is 0. The van der Waals surface area contributed by atoms with Crippen molar-refractivity contribution in [3.8, 4) is 0 Å². The standard InChI is InChI=1S/C19H30O2/c1-14(2)18(20)21-19(16-10-4-3-5-11-16)13-7-9-15-8-6-12-17(15)19/h15-17H,1,3-13H2,2H3. The van der Waals surface area contributed by atoms with E-state index in [2.05, 4.69) is 6.58 Å². The van der Waals surface area contributed by atoms with Crippen molar-refractivity contribution in [1.29, 1.82) is 0 Å². The Labute approximate surface area is 129 Å². The summed E-state index contributed by atoms with van der Waals surface area (Å²) in [6.45, 7) is 5.59. The van der Waals surface area contributed by atoms with Crippen LogP contribution in [0.15, 0.2) is 12.2 Å². The van der Waals surface area contributed by atoms with Gasteiger partial charge in [0, 0.05) is 11.5 Å². The fourth-order valence-corrected chi connectivity index (χ4v) is 5.42. The Balaban J connectivity index is 1.88. The van der Waals surface area contributed by atoms with E-state index in [9.17, 15) is 4.79 Å². The van der Waals surface area contributed by atoms with E-state index in [1.807, 2.05) is 0 Å². The van der Waals surface area contributed by atoms with Gasteiger partial charge in [0.15, 0.2) is 0 Å². The van der Waals surface area contributed by atoms with Crippen molar-refractivity contribution >= 4 is 5.97 Å². The zero-order valence-electron chi connectivity index (χ0n) is 13.5. The van der Waals surface area contributed by atoms with Crippen molar-refractivity contribution < 1.29 is 9.53 Å². The van der Waals surface area contributed by atoms with Gasteiger partial charge in [-0.2, -0.15) is 0 Å². The molecular weight excluding hydrogens is 260 g/mol. The van der Waals surface area contributed by atoms with Crippen LogP contribution in [-0.4, -0.2) is 11.6 Å². The fraction of sp³-hybridized carbons (Fsp3) is 0.842. The number of fused-ring (bicyclic) bond motifs is 1. The maximum atomic E-state index is 12.3. The van der Waals surface area contributed by atoms with E-state index in [1.54, 1.807) is 6.92 Å². The second-order valence-corrected chi connectivity index (χ2v) is 7.65. The van der Waals surface area contributed by atoms with Gasteiger partial charge in [-0.05, 0) is 57.3 Å². The summed E-state index contributed by atoms with van der Waals surface area (Å²) in [4.78, 5) is 12.3. The molecule has 0 N–H and O–H groups in total. The number of ether oxygens (including phenoxy) is 1. The van der Waals surface area contributed by atoms with Gasteiger partial charge in [-0.15, -0.1) is 0 Å². The van der Waals surface area contributed by atoms with Gasteiger partial charge in [0.25, 0.3) is 0 Å². The number of carbonyl (C=O) groups excluding carboxylic acids is 1. The molecule has 0 aliphatic heterocycles. The number of rotatable bonds is 3. The third-order valence-corrected chi connectivity index (χ3v) is 6.36. The first kappa shape index (κ1) is 15.1. The van der Waals surface area contributed by atoms with Crippen molar-refractivity contribution in [1.82, 2.24) is 0 Å². The van der Waals surface area contributed by atoms with E-state index in [0.29, 0.717) is 17.4 Å². The third kappa shape index (κ3) is 2.78. The van der Waals surface area contributed by atoms with Crippen LogP contribution in [0, 0.1) is 17.8 Å². The Morgan fingerprint density at radius 3 is 2.43 bits per heavy atom. The van der Waals surface area contributed by atoms with Gasteiger partial charge >= 0.3 is 5.97 Å². The Bertz CT molecular complexity index is 408. The van der Waals surface area contributed by atoms with Gasteiger partial charge in [-0.1, -0.05) is 38.7 Å². The highest BCUT2D eigenvalue weighted by atomic mass is 16.6. The lowest BCUT2D eigenvalue weighted by Gasteiger charge is -2.50. The minimum Gasteiger partial charge on any atom is -0.455 e. The van der Waals surface area contributed by atoms with Crippen LogP contribution >= 0.6 is 0 Å². The molecule has 0 radical (unpaired) electrons. The zero-order chi connectivity index (χ0) is 14.9. The molecule has 3 fully saturated rings. The van der Waals surface area contributed by atoms with Gasteiger partial charge < -0.3 is 4.74 Å². The smallest absolute Gasteiger partial charge is 0.333 e. The normalized spacial score (nSPS) is 37.0. The van der Waals surface area contributed by atoms with Crippen LogP contribution in [0.4, 0.5) is 0 Å². The molecule has 3 atom stereocenters. The van der Waals surface area contributed by atoms with Crippen LogP contribution < -0.4 is 0 Å². The van der Waals surface area contributed by atoms with Gasteiger partial charge in [-0.3, -0.25) is 0 Å². The molecular formula is C19H30O2. The van der Waals surface area contributed by atoms with Gasteiger partial charge in [0.2, 0.25) is 0 Å². The molecule has 0 spiro atoms. The number of esters is 1. The largest absolute Gasteiger partial charge is 0.455 e. The molecule has 3 aliphatic rings. The zero-order valence-corrected chi connectivity index (χ0v) is 13.5. The van der Waals surface area contributed by atoms with E-state index in [4.69, 9.17) is 4.74 Å². The predicted molar refractivity (Wildman–Crippen MR) is 84.9 cm³/mol. The quantitative estimate of drug-likeness (QED) is 0.538. The van der Waals surface area contributed by atoms with Crippen LogP contribution in [0.3, 0.4) is 0 Å². The number of hydrogen-bond acceptors (Lipinski definition) is 2. The highest BCUT2D eigenvalue weighted by Gasteiger charge is 2.54. The predicted octanol–water partition coefficient (Wildman–Crippen LogP) is 5.03.